The molecule has 8 heteroatoms. The molecule has 1 heterocycles. The molecule has 5 nitrogen and oxygen atoms in total. The molecule has 152 valence electrons. The van der Waals surface area contributed by atoms with Gasteiger partial charge in [-0.2, -0.15) is 0 Å². The largest absolute Gasteiger partial charge is 0.505 e. The van der Waals surface area contributed by atoms with Crippen molar-refractivity contribution < 1.29 is 32.6 Å². The number of halogens is 3. The average Bonchev–Trinajstić information content (AvgIpc) is 2.88. The maximum absolute atomic E-state index is 14.0. The minimum absolute atomic E-state index is 0.0832. The van der Waals surface area contributed by atoms with Crippen LogP contribution in [-0.2, 0) is 16.0 Å². The second kappa shape index (κ2) is 7.62. The Morgan fingerprint density at radius 1 is 1.07 bits per heavy atom. The van der Waals surface area contributed by atoms with Crippen molar-refractivity contribution >= 4 is 22.8 Å². The molecule has 0 spiro atoms. The second-order valence-electron chi connectivity index (χ2n) is 6.87. The van der Waals surface area contributed by atoms with Crippen molar-refractivity contribution in [2.24, 2.45) is 0 Å². The van der Waals surface area contributed by atoms with Gasteiger partial charge in [-0.15, -0.1) is 0 Å². The zero-order valence-corrected chi connectivity index (χ0v) is 15.9. The van der Waals surface area contributed by atoms with Crippen LogP contribution in [0.25, 0.3) is 10.9 Å². The number of carbonyl (C=O) groups excluding carboxylic acids is 2. The quantitative estimate of drug-likeness (QED) is 0.659. The Bertz CT molecular complexity index is 1130. The van der Waals surface area contributed by atoms with Gasteiger partial charge in [0, 0.05) is 22.7 Å². The van der Waals surface area contributed by atoms with Crippen LogP contribution in [-0.4, -0.2) is 27.7 Å². The van der Waals surface area contributed by atoms with E-state index in [1.54, 1.807) is 13.8 Å². The van der Waals surface area contributed by atoms with Gasteiger partial charge in [-0.1, -0.05) is 0 Å². The van der Waals surface area contributed by atoms with E-state index in [1.807, 2.05) is 0 Å². The van der Waals surface area contributed by atoms with E-state index < -0.39 is 35.1 Å². The van der Waals surface area contributed by atoms with Gasteiger partial charge in [-0.3, -0.25) is 14.2 Å². The van der Waals surface area contributed by atoms with Gasteiger partial charge in [0.2, 0.25) is 0 Å². The maximum Gasteiger partial charge on any atom is 0.310 e. The van der Waals surface area contributed by atoms with Crippen LogP contribution in [0, 0.1) is 24.4 Å². The molecule has 0 unspecified atom stereocenters. The number of carbonyl (C=O) groups is 2. The number of ether oxygens (including phenoxy) is 1. The number of benzene rings is 2. The first-order chi connectivity index (χ1) is 13.6. The normalized spacial score (nSPS) is 11.3. The predicted octanol–water partition coefficient (Wildman–Crippen LogP) is 4.26. The minimum Gasteiger partial charge on any atom is -0.505 e. The van der Waals surface area contributed by atoms with Crippen LogP contribution in [0.4, 0.5) is 13.2 Å². The molecule has 0 bridgehead atoms. The van der Waals surface area contributed by atoms with Gasteiger partial charge in [-0.25, -0.2) is 13.2 Å². The maximum atomic E-state index is 14.0. The van der Waals surface area contributed by atoms with Crippen molar-refractivity contribution in [3.8, 4) is 5.75 Å². The molecular weight excluding hydrogens is 387 g/mol. The van der Waals surface area contributed by atoms with Crippen LogP contribution < -0.4 is 0 Å². The number of esters is 1. The Kier molecular flexibility index (Phi) is 5.37. The first-order valence-corrected chi connectivity index (χ1v) is 8.81. The van der Waals surface area contributed by atoms with E-state index >= 15 is 0 Å². The van der Waals surface area contributed by atoms with Crippen LogP contribution in [0.3, 0.4) is 0 Å². The fourth-order valence-electron chi connectivity index (χ4n) is 3.18. The highest BCUT2D eigenvalue weighted by Gasteiger charge is 2.24. The Morgan fingerprint density at radius 2 is 1.76 bits per heavy atom. The smallest absolute Gasteiger partial charge is 0.310 e. The van der Waals surface area contributed by atoms with E-state index in [-0.39, 0.29) is 29.0 Å². The summed E-state index contributed by atoms with van der Waals surface area (Å²) in [7, 11) is 0. The Hall–Kier alpha value is -3.29. The Morgan fingerprint density at radius 3 is 2.38 bits per heavy atom. The topological polar surface area (TPSA) is 68.5 Å². The molecule has 0 amide bonds. The summed E-state index contributed by atoms with van der Waals surface area (Å²) in [5.41, 5.74) is 0.575. The summed E-state index contributed by atoms with van der Waals surface area (Å²) in [6, 6.07) is 4.73. The summed E-state index contributed by atoms with van der Waals surface area (Å²) < 4.78 is 47.1. The molecule has 3 aromatic rings. The molecule has 0 saturated heterocycles. The van der Waals surface area contributed by atoms with Gasteiger partial charge in [0.1, 0.15) is 0 Å². The first-order valence-electron chi connectivity index (χ1n) is 8.81. The lowest BCUT2D eigenvalue weighted by Crippen LogP contribution is -2.16. The number of aromatic nitrogens is 1. The number of phenolic OH excluding ortho intramolecular Hbond substituents is 1. The van der Waals surface area contributed by atoms with Crippen LogP contribution >= 0.6 is 0 Å². The zero-order chi connectivity index (χ0) is 21.5. The molecule has 0 aliphatic rings. The summed E-state index contributed by atoms with van der Waals surface area (Å²) in [5.74, 6) is -5.22. The fourth-order valence-corrected chi connectivity index (χ4v) is 3.18. The highest BCUT2D eigenvalue weighted by atomic mass is 19.2. The predicted molar refractivity (Wildman–Crippen MR) is 99.3 cm³/mol. The lowest BCUT2D eigenvalue weighted by molar-refractivity contribution is -0.146. The monoisotopic (exact) mass is 405 g/mol. The lowest BCUT2D eigenvalue weighted by atomic mass is 10.1. The summed E-state index contributed by atoms with van der Waals surface area (Å²) in [6.07, 6.45) is -0.574. The molecular formula is C21H18F3NO4. The number of hydrogen-bond donors (Lipinski definition) is 1. The van der Waals surface area contributed by atoms with E-state index in [2.05, 4.69) is 0 Å². The van der Waals surface area contributed by atoms with E-state index in [0.717, 1.165) is 34.9 Å². The van der Waals surface area contributed by atoms with Crippen molar-refractivity contribution in [2.75, 3.05) is 0 Å². The number of fused-ring (bicyclic) bond motifs is 1. The molecule has 1 N–H and O–H groups in total. The van der Waals surface area contributed by atoms with Gasteiger partial charge >= 0.3 is 5.97 Å². The summed E-state index contributed by atoms with van der Waals surface area (Å²) in [6.45, 7) is 4.90. The third kappa shape index (κ3) is 3.83. The SMILES string of the molecule is Cc1c(CC(=O)OC(C)C)c2cc(O)c(F)cc2n1C(=O)c1ccc(F)c(F)c1. The van der Waals surface area contributed by atoms with Crippen LogP contribution in [0.2, 0.25) is 0 Å². The third-order valence-corrected chi connectivity index (χ3v) is 4.46. The van der Waals surface area contributed by atoms with E-state index in [0.29, 0.717) is 11.3 Å². The third-order valence-electron chi connectivity index (χ3n) is 4.46. The van der Waals surface area contributed by atoms with Crippen molar-refractivity contribution in [1.29, 1.82) is 0 Å². The second-order valence-corrected chi connectivity index (χ2v) is 6.87. The number of aromatic hydroxyl groups is 1. The number of hydrogen-bond acceptors (Lipinski definition) is 4. The fraction of sp³-hybridized carbons (Fsp3) is 0.238. The van der Waals surface area contributed by atoms with Gasteiger partial charge in [0.15, 0.2) is 23.2 Å². The van der Waals surface area contributed by atoms with Crippen molar-refractivity contribution in [1.82, 2.24) is 4.57 Å². The molecule has 29 heavy (non-hydrogen) atoms. The highest BCUT2D eigenvalue weighted by molar-refractivity contribution is 6.05. The molecule has 2 aromatic carbocycles. The molecule has 3 rings (SSSR count). The Balaban J connectivity index is 2.19. The van der Waals surface area contributed by atoms with Crippen molar-refractivity contribution in [3.63, 3.8) is 0 Å². The first kappa shape index (κ1) is 20.4. The summed E-state index contributed by atoms with van der Waals surface area (Å²) >= 11 is 0. The lowest BCUT2D eigenvalue weighted by Gasteiger charge is -2.09. The van der Waals surface area contributed by atoms with E-state index in [9.17, 15) is 27.9 Å². The van der Waals surface area contributed by atoms with Crippen LogP contribution in [0.15, 0.2) is 30.3 Å². The average molecular weight is 405 g/mol. The summed E-state index contributed by atoms with van der Waals surface area (Å²) in [4.78, 5) is 25.1. The number of phenols is 1. The van der Waals surface area contributed by atoms with Gasteiger partial charge in [-0.05, 0) is 50.6 Å². The minimum atomic E-state index is -1.20. The standard InChI is InChI=1S/C21H18F3NO4/c1-10(2)29-20(27)8-13-11(3)25(18-9-17(24)19(26)7-14(13)18)21(28)12-4-5-15(22)16(23)6-12/h4-7,9-10,26H,8H2,1-3H3. The molecule has 0 aliphatic heterocycles. The van der Waals surface area contributed by atoms with Gasteiger partial charge < -0.3 is 9.84 Å². The van der Waals surface area contributed by atoms with Crippen molar-refractivity contribution in [2.45, 2.75) is 33.3 Å². The van der Waals surface area contributed by atoms with Crippen LogP contribution in [0.1, 0.15) is 35.5 Å². The molecule has 0 aliphatic carbocycles. The molecule has 0 atom stereocenters. The molecule has 0 fully saturated rings. The van der Waals surface area contributed by atoms with Crippen molar-refractivity contribution in [3.05, 3.63) is 64.6 Å². The molecule has 1 aromatic heterocycles. The highest BCUT2D eigenvalue weighted by Crippen LogP contribution is 2.32. The van der Waals surface area contributed by atoms with Crippen LogP contribution in [0.5, 0.6) is 5.75 Å². The van der Waals surface area contributed by atoms with Gasteiger partial charge in [0.25, 0.3) is 5.91 Å². The van der Waals surface area contributed by atoms with Gasteiger partial charge in [0.05, 0.1) is 18.0 Å². The van der Waals surface area contributed by atoms with E-state index in [1.165, 1.54) is 6.92 Å². The molecule has 0 radical (unpaired) electrons. The Labute approximate surface area is 164 Å². The van der Waals surface area contributed by atoms with E-state index in [4.69, 9.17) is 4.74 Å². The molecule has 0 saturated carbocycles. The number of nitrogens with zero attached hydrogens (tertiary/aromatic N) is 1. The number of rotatable bonds is 4. The zero-order valence-electron chi connectivity index (χ0n) is 15.9. The summed E-state index contributed by atoms with van der Waals surface area (Å²) in [5, 5.41) is 10.0.